The van der Waals surface area contributed by atoms with Crippen molar-refractivity contribution in [1.29, 1.82) is 0 Å². The van der Waals surface area contributed by atoms with E-state index in [-0.39, 0.29) is 0 Å². The van der Waals surface area contributed by atoms with Gasteiger partial charge in [-0.1, -0.05) is 0 Å². The average molecular weight is 273 g/mol. The Hall–Kier alpha value is -1.15. The number of anilines is 1. The number of nitrogens with one attached hydrogen (secondary N) is 2. The number of nitrogens with zero attached hydrogens (tertiary/aromatic N) is 3. The van der Waals surface area contributed by atoms with E-state index in [0.29, 0.717) is 11.8 Å². The highest BCUT2D eigenvalue weighted by Gasteiger charge is 2.36. The molecule has 1 aromatic heterocycles. The quantitative estimate of drug-likeness (QED) is 0.771. The van der Waals surface area contributed by atoms with Gasteiger partial charge in [-0.05, 0) is 13.8 Å². The lowest BCUT2D eigenvalue weighted by Gasteiger charge is -2.26. The van der Waals surface area contributed by atoms with Crippen LogP contribution in [0.1, 0.15) is 19.7 Å². The molecule has 1 aliphatic rings. The molecule has 0 unspecified atom stereocenters. The van der Waals surface area contributed by atoms with Crippen LogP contribution in [0.4, 0.5) is 5.95 Å². The summed E-state index contributed by atoms with van der Waals surface area (Å²) >= 11 is 0. The Morgan fingerprint density at radius 3 is 2.44 bits per heavy atom. The van der Waals surface area contributed by atoms with Gasteiger partial charge in [-0.25, -0.2) is 8.42 Å². The maximum Gasteiger partial charge on any atom is 0.244 e. The van der Waals surface area contributed by atoms with Gasteiger partial charge in [0, 0.05) is 32.4 Å². The van der Waals surface area contributed by atoms with Crippen LogP contribution in [0.25, 0.3) is 0 Å². The molecule has 0 bridgehead atoms. The van der Waals surface area contributed by atoms with Crippen LogP contribution in [0.5, 0.6) is 0 Å². The molecule has 2 heterocycles. The molecule has 1 fully saturated rings. The van der Waals surface area contributed by atoms with Crippen molar-refractivity contribution in [2.75, 3.05) is 37.3 Å². The Balaban J connectivity index is 2.25. The normalized spacial score (nSPS) is 18.1. The van der Waals surface area contributed by atoms with E-state index in [1.165, 1.54) is 6.26 Å². The summed E-state index contributed by atoms with van der Waals surface area (Å²) < 4.78 is 22.4. The molecule has 102 valence electrons. The van der Waals surface area contributed by atoms with Crippen LogP contribution in [0.15, 0.2) is 0 Å². The predicted octanol–water partition coefficient (Wildman–Crippen LogP) is -0.506. The third-order valence-corrected chi connectivity index (χ3v) is 5.42. The number of hydrogen-bond acceptors (Lipinski definition) is 6. The molecule has 2 N–H and O–H groups in total. The molecule has 18 heavy (non-hydrogen) atoms. The van der Waals surface area contributed by atoms with Gasteiger partial charge in [-0.15, -0.1) is 5.10 Å². The first kappa shape index (κ1) is 13.3. The molecule has 7 nitrogen and oxygen atoms in total. The lowest BCUT2D eigenvalue weighted by molar-refractivity contribution is 0.550. The Kier molecular flexibility index (Phi) is 3.33. The molecule has 1 aliphatic heterocycles. The maximum atomic E-state index is 11.7. The second-order valence-electron chi connectivity index (χ2n) is 5.00. The Morgan fingerprint density at radius 2 is 1.89 bits per heavy atom. The van der Waals surface area contributed by atoms with Crippen molar-refractivity contribution in [3.8, 4) is 0 Å². The van der Waals surface area contributed by atoms with E-state index < -0.39 is 14.6 Å². The van der Waals surface area contributed by atoms with Crippen LogP contribution in [-0.2, 0) is 14.6 Å². The summed E-state index contributed by atoms with van der Waals surface area (Å²) in [5.74, 6) is 0.960. The second kappa shape index (κ2) is 4.51. The van der Waals surface area contributed by atoms with Crippen LogP contribution in [0.3, 0.4) is 0 Å². The van der Waals surface area contributed by atoms with Crippen molar-refractivity contribution in [2.24, 2.45) is 0 Å². The highest BCUT2D eigenvalue weighted by molar-refractivity contribution is 7.91. The van der Waals surface area contributed by atoms with Crippen LogP contribution in [0.2, 0.25) is 0 Å². The van der Waals surface area contributed by atoms with Crippen LogP contribution in [0, 0.1) is 0 Å². The highest BCUT2D eigenvalue weighted by atomic mass is 32.2. The standard InChI is InChI=1S/C10H19N5O2S/c1-10(2,18(3,16)17)8-12-9(14-13-8)15-6-4-11-5-7-15/h11H,4-7H2,1-3H3,(H,12,13,14). The lowest BCUT2D eigenvalue weighted by atomic mass is 10.2. The Labute approximate surface area is 107 Å². The first-order valence-corrected chi connectivity index (χ1v) is 7.79. The molecule has 0 atom stereocenters. The van der Waals surface area contributed by atoms with Crippen LogP contribution in [-0.4, -0.2) is 56.0 Å². The largest absolute Gasteiger partial charge is 0.337 e. The number of aromatic amines is 1. The third kappa shape index (κ3) is 2.35. The number of sulfone groups is 1. The lowest BCUT2D eigenvalue weighted by Crippen LogP contribution is -2.44. The molecular formula is C10H19N5O2S. The minimum Gasteiger partial charge on any atom is -0.337 e. The van der Waals surface area contributed by atoms with Crippen molar-refractivity contribution in [3.63, 3.8) is 0 Å². The summed E-state index contributed by atoms with van der Waals surface area (Å²) in [7, 11) is -3.24. The van der Waals surface area contributed by atoms with E-state index in [9.17, 15) is 8.42 Å². The molecule has 1 aromatic rings. The van der Waals surface area contributed by atoms with Gasteiger partial charge in [0.25, 0.3) is 0 Å². The van der Waals surface area contributed by atoms with Gasteiger partial charge in [0.2, 0.25) is 5.95 Å². The monoisotopic (exact) mass is 273 g/mol. The first-order valence-electron chi connectivity index (χ1n) is 5.90. The van der Waals surface area contributed by atoms with Gasteiger partial charge in [0.15, 0.2) is 9.84 Å². The van der Waals surface area contributed by atoms with Crippen molar-refractivity contribution in [3.05, 3.63) is 5.82 Å². The van der Waals surface area contributed by atoms with Crippen LogP contribution < -0.4 is 10.2 Å². The highest BCUT2D eigenvalue weighted by Crippen LogP contribution is 2.26. The number of aromatic nitrogens is 3. The minimum atomic E-state index is -3.24. The van der Waals surface area contributed by atoms with Gasteiger partial charge in [-0.3, -0.25) is 5.10 Å². The van der Waals surface area contributed by atoms with E-state index in [2.05, 4.69) is 20.5 Å². The molecule has 0 saturated carbocycles. The SMILES string of the molecule is CC(C)(c1nc(N2CCNCC2)n[nH]1)S(C)(=O)=O. The molecule has 0 radical (unpaired) electrons. The fourth-order valence-electron chi connectivity index (χ4n) is 1.70. The summed E-state index contributed by atoms with van der Waals surface area (Å²) in [5.41, 5.74) is 0. The summed E-state index contributed by atoms with van der Waals surface area (Å²) in [6, 6.07) is 0. The number of rotatable bonds is 3. The van der Waals surface area contributed by atoms with E-state index in [1.807, 2.05) is 4.90 Å². The average Bonchev–Trinajstić information content (AvgIpc) is 2.78. The maximum absolute atomic E-state index is 11.7. The van der Waals surface area contributed by atoms with Crippen molar-refractivity contribution >= 4 is 15.8 Å². The van der Waals surface area contributed by atoms with E-state index >= 15 is 0 Å². The molecule has 0 aliphatic carbocycles. The third-order valence-electron chi connectivity index (χ3n) is 3.37. The molecule has 0 aromatic carbocycles. The van der Waals surface area contributed by atoms with Gasteiger partial charge in [-0.2, -0.15) is 4.98 Å². The minimum absolute atomic E-state index is 0.388. The summed E-state index contributed by atoms with van der Waals surface area (Å²) in [4.78, 5) is 6.36. The number of H-pyrrole nitrogens is 1. The summed E-state index contributed by atoms with van der Waals surface area (Å²) in [5, 5.41) is 10.1. The van der Waals surface area contributed by atoms with Crippen molar-refractivity contribution in [2.45, 2.75) is 18.6 Å². The van der Waals surface area contributed by atoms with E-state index in [1.54, 1.807) is 13.8 Å². The molecular weight excluding hydrogens is 254 g/mol. The van der Waals surface area contributed by atoms with E-state index in [0.717, 1.165) is 26.2 Å². The Bertz CT molecular complexity index is 516. The molecule has 2 rings (SSSR count). The van der Waals surface area contributed by atoms with Gasteiger partial charge in [0.1, 0.15) is 10.6 Å². The zero-order chi connectivity index (χ0) is 13.4. The van der Waals surface area contributed by atoms with Crippen LogP contribution >= 0.6 is 0 Å². The number of piperazine rings is 1. The van der Waals surface area contributed by atoms with Crippen molar-refractivity contribution in [1.82, 2.24) is 20.5 Å². The topological polar surface area (TPSA) is 91.0 Å². The fourth-order valence-corrected chi connectivity index (χ4v) is 2.15. The molecule has 0 spiro atoms. The van der Waals surface area contributed by atoms with Gasteiger partial charge in [0.05, 0.1) is 0 Å². The molecule has 0 amide bonds. The second-order valence-corrected chi connectivity index (χ2v) is 7.57. The zero-order valence-electron chi connectivity index (χ0n) is 10.9. The van der Waals surface area contributed by atoms with E-state index in [4.69, 9.17) is 0 Å². The van der Waals surface area contributed by atoms with Gasteiger partial charge >= 0.3 is 0 Å². The predicted molar refractivity (Wildman–Crippen MR) is 69.3 cm³/mol. The Morgan fingerprint density at radius 1 is 1.28 bits per heavy atom. The van der Waals surface area contributed by atoms with Gasteiger partial charge < -0.3 is 10.2 Å². The van der Waals surface area contributed by atoms with Crippen molar-refractivity contribution < 1.29 is 8.42 Å². The number of hydrogen-bond donors (Lipinski definition) is 2. The zero-order valence-corrected chi connectivity index (χ0v) is 11.7. The molecule has 8 heteroatoms. The summed E-state index contributed by atoms with van der Waals surface area (Å²) in [6.07, 6.45) is 1.21. The first-order chi connectivity index (χ1) is 8.32. The smallest absolute Gasteiger partial charge is 0.244 e. The molecule has 1 saturated heterocycles. The summed E-state index contributed by atoms with van der Waals surface area (Å²) in [6.45, 7) is 6.70. The fraction of sp³-hybridized carbons (Fsp3) is 0.800.